The van der Waals surface area contributed by atoms with Gasteiger partial charge in [-0.25, -0.2) is 0 Å². The molecule has 3 aromatic rings. The summed E-state index contributed by atoms with van der Waals surface area (Å²) in [6.07, 6.45) is 3.79. The van der Waals surface area contributed by atoms with Crippen LogP contribution in [0, 0.1) is 0 Å². The number of para-hydroxylation sites is 1. The van der Waals surface area contributed by atoms with Crippen LogP contribution in [0.1, 0.15) is 58.2 Å². The average molecular weight is 493 g/mol. The zero-order valence-electron chi connectivity index (χ0n) is 20.1. The van der Waals surface area contributed by atoms with Gasteiger partial charge in [-0.1, -0.05) is 68.3 Å². The van der Waals surface area contributed by atoms with Crippen LogP contribution in [-0.2, 0) is 9.59 Å². The van der Waals surface area contributed by atoms with E-state index in [0.29, 0.717) is 39.3 Å². The van der Waals surface area contributed by atoms with Crippen molar-refractivity contribution >= 4 is 29.3 Å². The number of rotatable bonds is 8. The Labute approximate surface area is 209 Å². The fourth-order valence-electron chi connectivity index (χ4n) is 3.92. The highest BCUT2D eigenvalue weighted by atomic mass is 32.2. The number of thioether (sulfide) groups is 1. The van der Waals surface area contributed by atoms with Crippen molar-refractivity contribution in [3.05, 3.63) is 54.1 Å². The fraction of sp³-hybridized carbons (Fsp3) is 0.346. The molecule has 2 heterocycles. The van der Waals surface area contributed by atoms with Crippen molar-refractivity contribution in [3.8, 4) is 22.9 Å². The van der Waals surface area contributed by atoms with E-state index in [1.54, 1.807) is 34.9 Å². The highest BCUT2D eigenvalue weighted by Crippen LogP contribution is 2.43. The number of aromatic nitrogens is 3. The lowest BCUT2D eigenvalue weighted by Gasteiger charge is -2.30. The summed E-state index contributed by atoms with van der Waals surface area (Å²) in [7, 11) is 0. The van der Waals surface area contributed by atoms with Crippen LogP contribution in [0.5, 0.6) is 11.6 Å². The van der Waals surface area contributed by atoms with E-state index < -0.39 is 12.2 Å². The van der Waals surface area contributed by atoms with Gasteiger partial charge in [0.25, 0.3) is 0 Å². The van der Waals surface area contributed by atoms with Crippen LogP contribution in [0.4, 0.5) is 5.69 Å². The van der Waals surface area contributed by atoms with Crippen molar-refractivity contribution in [2.24, 2.45) is 0 Å². The zero-order valence-corrected chi connectivity index (χ0v) is 20.9. The Morgan fingerprint density at radius 2 is 1.89 bits per heavy atom. The quantitative estimate of drug-likeness (QED) is 0.174. The molecule has 0 saturated carbocycles. The number of nitrogens with zero attached hydrogens (tertiary/aromatic N) is 4. The molecule has 4 rings (SSSR count). The summed E-state index contributed by atoms with van der Waals surface area (Å²) >= 11 is 1.54. The topological polar surface area (TPSA) is 94.5 Å². The van der Waals surface area contributed by atoms with Gasteiger partial charge in [-0.2, -0.15) is 4.98 Å². The summed E-state index contributed by atoms with van der Waals surface area (Å²) in [6, 6.07) is 14.4. The minimum Gasteiger partial charge on any atom is -0.447 e. The third-order valence-electron chi connectivity index (χ3n) is 5.48. The summed E-state index contributed by atoms with van der Waals surface area (Å²) in [5.74, 6) is 0.913. The van der Waals surface area contributed by atoms with Crippen LogP contribution in [0.3, 0.4) is 0 Å². The van der Waals surface area contributed by atoms with Crippen LogP contribution in [0.25, 0.3) is 11.3 Å². The minimum atomic E-state index is -0.843. The molecule has 2 aromatic carbocycles. The Kier molecular flexibility index (Phi) is 7.97. The number of ether oxygens (including phenoxy) is 2. The first-order valence-corrected chi connectivity index (χ1v) is 12.7. The first kappa shape index (κ1) is 24.7. The Bertz CT molecular complexity index is 1220. The average Bonchev–Trinajstić information content (AvgIpc) is 2.98. The molecule has 0 bridgehead atoms. The summed E-state index contributed by atoms with van der Waals surface area (Å²) in [6.45, 7) is 5.01. The number of benzene rings is 2. The van der Waals surface area contributed by atoms with Crippen LogP contribution in [0.15, 0.2) is 53.7 Å². The molecule has 35 heavy (non-hydrogen) atoms. The van der Waals surface area contributed by atoms with E-state index in [1.807, 2.05) is 30.3 Å². The first-order chi connectivity index (χ1) is 17.0. The Morgan fingerprint density at radius 3 is 2.66 bits per heavy atom. The Balaban J connectivity index is 1.75. The second-order valence-corrected chi connectivity index (χ2v) is 9.26. The Morgan fingerprint density at radius 1 is 1.06 bits per heavy atom. The van der Waals surface area contributed by atoms with Crippen LogP contribution >= 0.6 is 11.8 Å². The maximum absolute atomic E-state index is 12.9. The number of unbranched alkanes of at least 4 members (excludes halogenated alkanes) is 3. The molecular weight excluding hydrogens is 464 g/mol. The fourth-order valence-corrected chi connectivity index (χ4v) is 4.70. The van der Waals surface area contributed by atoms with Gasteiger partial charge in [-0.15, -0.1) is 10.2 Å². The van der Waals surface area contributed by atoms with Gasteiger partial charge >= 0.3 is 5.97 Å². The third kappa shape index (κ3) is 5.79. The molecule has 0 unspecified atom stereocenters. The maximum atomic E-state index is 12.9. The molecule has 0 radical (unpaired) electrons. The molecule has 1 aliphatic heterocycles. The molecule has 0 fully saturated rings. The molecule has 0 N–H and O–H groups in total. The maximum Gasteiger partial charge on any atom is 0.308 e. The van der Waals surface area contributed by atoms with Crippen molar-refractivity contribution in [2.75, 3.05) is 10.7 Å². The van der Waals surface area contributed by atoms with Gasteiger partial charge in [0.2, 0.25) is 23.2 Å². The second-order valence-electron chi connectivity index (χ2n) is 8.20. The molecule has 0 saturated heterocycles. The molecule has 182 valence electrons. The minimum absolute atomic E-state index is 0.216. The number of carbonyl (C=O) groups excluding carboxylic acids is 2. The smallest absolute Gasteiger partial charge is 0.308 e. The lowest BCUT2D eigenvalue weighted by atomic mass is 10.1. The van der Waals surface area contributed by atoms with Crippen molar-refractivity contribution in [1.29, 1.82) is 0 Å². The van der Waals surface area contributed by atoms with E-state index >= 15 is 0 Å². The first-order valence-electron chi connectivity index (χ1n) is 11.7. The summed E-state index contributed by atoms with van der Waals surface area (Å²) in [4.78, 5) is 30.6. The zero-order chi connectivity index (χ0) is 24.8. The van der Waals surface area contributed by atoms with Crippen LogP contribution in [-0.4, -0.2) is 32.8 Å². The van der Waals surface area contributed by atoms with E-state index in [4.69, 9.17) is 9.47 Å². The van der Waals surface area contributed by atoms with Gasteiger partial charge in [0.1, 0.15) is 5.75 Å². The third-order valence-corrected chi connectivity index (χ3v) is 6.41. The SMILES string of the molecule is CCCCCCSc1nnc2c(n1)O[C@H](c1cccc(OC(C)=O)c1)N(C(C)=O)c1ccccc1-2. The van der Waals surface area contributed by atoms with Crippen LogP contribution in [0.2, 0.25) is 0 Å². The van der Waals surface area contributed by atoms with Crippen LogP contribution < -0.4 is 14.4 Å². The molecule has 0 aliphatic carbocycles. The number of anilines is 1. The predicted molar refractivity (Wildman–Crippen MR) is 134 cm³/mol. The van der Waals surface area contributed by atoms with E-state index in [0.717, 1.165) is 12.2 Å². The molecule has 1 aliphatic rings. The second kappa shape index (κ2) is 11.3. The lowest BCUT2D eigenvalue weighted by Crippen LogP contribution is -2.36. The molecule has 0 spiro atoms. The highest BCUT2D eigenvalue weighted by Gasteiger charge is 2.34. The van der Waals surface area contributed by atoms with Gasteiger partial charge in [-0.05, 0) is 24.6 Å². The highest BCUT2D eigenvalue weighted by molar-refractivity contribution is 7.99. The predicted octanol–water partition coefficient (Wildman–Crippen LogP) is 5.58. The number of hydrogen-bond acceptors (Lipinski definition) is 8. The molecule has 1 aromatic heterocycles. The van der Waals surface area contributed by atoms with Crippen molar-refractivity contribution in [1.82, 2.24) is 15.2 Å². The van der Waals surface area contributed by atoms with Gasteiger partial charge in [0, 0.05) is 30.7 Å². The molecule has 1 atom stereocenters. The van der Waals surface area contributed by atoms with E-state index in [-0.39, 0.29) is 5.91 Å². The standard InChI is InChI=1S/C26H28N4O4S/c1-4-5-6-9-15-35-26-27-24-23(28-29-26)21-13-7-8-14-22(21)30(17(2)31)25(34-24)19-11-10-12-20(16-19)33-18(3)32/h7-8,10-14,16,25H,4-6,9,15H2,1-3H3/t25-/m1/s1. The van der Waals surface area contributed by atoms with Gasteiger partial charge in [0.05, 0.1) is 5.69 Å². The Hall–Kier alpha value is -3.46. The number of carbonyl (C=O) groups is 2. The summed E-state index contributed by atoms with van der Waals surface area (Å²) < 4.78 is 11.6. The van der Waals surface area contributed by atoms with E-state index in [9.17, 15) is 9.59 Å². The van der Waals surface area contributed by atoms with E-state index in [1.165, 1.54) is 33.1 Å². The van der Waals surface area contributed by atoms with Gasteiger partial charge in [0.15, 0.2) is 5.69 Å². The molecule has 8 nitrogen and oxygen atoms in total. The van der Waals surface area contributed by atoms with Gasteiger partial charge < -0.3 is 9.47 Å². The molecule has 1 amide bonds. The number of amides is 1. The van der Waals surface area contributed by atoms with Crippen molar-refractivity contribution in [3.63, 3.8) is 0 Å². The van der Waals surface area contributed by atoms with Gasteiger partial charge in [-0.3, -0.25) is 14.5 Å². The number of esters is 1. The van der Waals surface area contributed by atoms with Crippen molar-refractivity contribution in [2.45, 2.75) is 57.8 Å². The monoisotopic (exact) mass is 492 g/mol. The van der Waals surface area contributed by atoms with E-state index in [2.05, 4.69) is 22.1 Å². The number of hydrogen-bond donors (Lipinski definition) is 0. The lowest BCUT2D eigenvalue weighted by molar-refractivity contribution is -0.131. The van der Waals surface area contributed by atoms with Crippen molar-refractivity contribution < 1.29 is 19.1 Å². The normalized spacial score (nSPS) is 14.4. The molecular formula is C26H28N4O4S. The summed E-state index contributed by atoms with van der Waals surface area (Å²) in [5.41, 5.74) is 2.45. The molecule has 9 heteroatoms. The largest absolute Gasteiger partial charge is 0.447 e. The summed E-state index contributed by atoms with van der Waals surface area (Å²) in [5, 5.41) is 9.30. The number of fused-ring (bicyclic) bond motifs is 3.